The smallest absolute Gasteiger partial charge is 0.0367 e. The molecule has 0 aliphatic carbocycles. The Labute approximate surface area is 63.2 Å². The largest absolute Gasteiger partial charge is 0.323 e. The van der Waals surface area contributed by atoms with E-state index in [2.05, 4.69) is 6.03 Å². The van der Waals surface area contributed by atoms with Crippen LogP contribution in [0.3, 0.4) is 0 Å². The zero-order chi connectivity index (χ0) is 5.11. The number of nitrogens with two attached hydrogens (primary N) is 1. The minimum absolute atomic E-state index is 0.348. The number of halogens is 2. The Kier molecular flexibility index (Phi) is 2.91. The third-order valence-corrected chi connectivity index (χ3v) is 8.13. The van der Waals surface area contributed by atoms with Crippen LogP contribution in [0, 0.1) is 0 Å². The summed E-state index contributed by atoms with van der Waals surface area (Å²) >= 11 is 0.791. The highest BCUT2D eigenvalue weighted by Gasteiger charge is 1.94. The summed E-state index contributed by atoms with van der Waals surface area (Å²) in [6.07, 6.45) is 0. The van der Waals surface area contributed by atoms with E-state index in [0.717, 1.165) is 0 Å². The van der Waals surface area contributed by atoms with Crippen molar-refractivity contribution in [1.29, 1.82) is 0 Å². The summed E-state index contributed by atoms with van der Waals surface area (Å²) in [5.41, 5.74) is 5.61. The average Bonchev–Trinajstić information content (AvgIpc) is 1.69. The molecule has 0 amide bonds. The van der Waals surface area contributed by atoms with Crippen molar-refractivity contribution in [3.63, 3.8) is 0 Å². The highest BCUT2D eigenvalue weighted by Crippen LogP contribution is 2.08. The van der Waals surface area contributed by atoms with Crippen LogP contribution in [0.5, 0.6) is 0 Å². The van der Waals surface area contributed by atoms with E-state index >= 15 is 0 Å². The molecule has 0 saturated heterocycles. The van der Waals surface area contributed by atoms with Crippen LogP contribution in [-0.4, -0.2) is 16.5 Å². The molecule has 0 aromatic heterocycles. The molecule has 7 heavy (non-hydrogen) atoms. The molecule has 2 N–H and O–H groups in total. The molecular weight excluding hydrogens is 316 g/mol. The fourth-order valence-electron chi connectivity index (χ4n) is 0.325. The van der Waals surface area contributed by atoms with E-state index in [1.807, 2.05) is 0 Å². The number of rotatable bonds is 0. The van der Waals surface area contributed by atoms with Crippen molar-refractivity contribution in [2.24, 2.45) is 5.73 Å². The number of alkyl halides is 1. The summed E-state index contributed by atoms with van der Waals surface area (Å²) in [5, 5.41) is 0. The Bertz CT molecular complexity index is 108. The minimum Gasteiger partial charge on any atom is -0.323 e. The van der Waals surface area contributed by atoms with Gasteiger partial charge in [0.05, 0.1) is 0 Å². The van der Waals surface area contributed by atoms with Crippen LogP contribution in [-0.2, 0) is 0 Å². The molecule has 1 rings (SSSR count). The lowest BCUT2D eigenvalue weighted by atomic mass is 10.4. The maximum atomic E-state index is 5.61. The maximum absolute atomic E-state index is 5.61. The first-order valence-electron chi connectivity index (χ1n) is 2.00. The molecule has 0 spiro atoms. The molecule has 42 valence electrons. The van der Waals surface area contributed by atoms with E-state index in [9.17, 15) is 0 Å². The van der Waals surface area contributed by atoms with Gasteiger partial charge in [0.1, 0.15) is 0 Å². The fraction of sp³-hybridized carbons (Fsp3) is 0.500. The van der Waals surface area contributed by atoms with Crippen molar-refractivity contribution >= 4 is 47.5 Å². The topological polar surface area (TPSA) is 26.0 Å². The molecule has 1 nitrogen and oxygen atoms in total. The molecule has 0 saturated carbocycles. The lowest BCUT2D eigenvalue weighted by Crippen LogP contribution is -2.23. The first kappa shape index (κ1) is 6.28. The summed E-state index contributed by atoms with van der Waals surface area (Å²) < 4.78 is 6.07. The van der Waals surface area contributed by atoms with Crippen molar-refractivity contribution < 1.29 is 0 Å². The van der Waals surface area contributed by atoms with Gasteiger partial charge in [-0.2, -0.15) is 0 Å². The molecule has 0 fully saturated rings. The number of hydrogen-bond acceptors (Lipinski definition) is 1. The fourth-order valence-corrected chi connectivity index (χ4v) is 7.10. The highest BCUT2D eigenvalue weighted by atomic mass is 127. The Hall–Kier alpha value is 1.16. The summed E-state index contributed by atoms with van der Waals surface area (Å²) in [7, 11) is 0. The lowest BCUT2D eigenvalue weighted by Gasteiger charge is -2.01. The predicted octanol–water partition coefficient (Wildman–Crippen LogP) is 0.831. The summed E-state index contributed by atoms with van der Waals surface area (Å²) in [5.74, 6) is 0. The molecule has 0 radical (unpaired) electrons. The first-order valence-corrected chi connectivity index (χ1v) is 7.26. The van der Waals surface area contributed by atoms with Gasteiger partial charge in [-0.15, -0.1) is 20.7 Å². The first-order chi connectivity index (χ1) is 3.39. The zero-order valence-corrected chi connectivity index (χ0v) is 8.09. The Balaban J connectivity index is 2.49. The highest BCUT2D eigenvalue weighted by molar-refractivity contribution is 14.3. The van der Waals surface area contributed by atoms with Gasteiger partial charge in [0.25, 0.3) is 0 Å². The zero-order valence-electron chi connectivity index (χ0n) is 3.77. The second-order valence-electron chi connectivity index (χ2n) is 1.31. The number of hydrogen-bond donors (Lipinski definition) is 1. The minimum atomic E-state index is 0.348. The second-order valence-corrected chi connectivity index (χ2v) is 8.14. The van der Waals surface area contributed by atoms with Gasteiger partial charge in [-0.1, -0.05) is 20.7 Å². The lowest BCUT2D eigenvalue weighted by molar-refractivity contribution is 1.04. The predicted molar refractivity (Wildman–Crippen MR) is 53.0 cm³/mol. The quantitative estimate of drug-likeness (QED) is 0.519. The monoisotopic (exact) mass is 323 g/mol. The molecule has 1 aliphatic rings. The molecule has 0 aromatic rings. The van der Waals surface area contributed by atoms with Gasteiger partial charge >= 0.3 is 0 Å². The Morgan fingerprint density at radius 3 is 2.86 bits per heavy atom. The van der Waals surface area contributed by atoms with Crippen molar-refractivity contribution in [3.05, 3.63) is 0 Å². The summed E-state index contributed by atoms with van der Waals surface area (Å²) in [6, 6.07) is 0.477. The Morgan fingerprint density at radius 2 is 2.57 bits per heavy atom. The molecule has 1 aliphatic heterocycles. The van der Waals surface area contributed by atoms with E-state index in [-0.39, 0.29) is 0 Å². The molecular formula is C4H7I2N. The van der Waals surface area contributed by atoms with E-state index in [1.165, 1.54) is 4.43 Å². The van der Waals surface area contributed by atoms with E-state index in [4.69, 9.17) is 5.73 Å². The normalized spacial score (nSPS) is 30.7. The summed E-state index contributed by atoms with van der Waals surface area (Å²) in [4.78, 5) is 0. The van der Waals surface area contributed by atoms with Crippen molar-refractivity contribution in [1.82, 2.24) is 0 Å². The Morgan fingerprint density at radius 1 is 1.71 bits per heavy atom. The second kappa shape index (κ2) is 3.24. The van der Waals surface area contributed by atoms with Crippen LogP contribution in [0.1, 0.15) is 0 Å². The maximum Gasteiger partial charge on any atom is 0.0367 e. The van der Waals surface area contributed by atoms with Gasteiger partial charge in [0.15, 0.2) is 0 Å². The van der Waals surface area contributed by atoms with Gasteiger partial charge in [0, 0.05) is 12.5 Å². The van der Waals surface area contributed by atoms with E-state index in [0.29, 0.717) is 47.5 Å². The van der Waals surface area contributed by atoms with Crippen LogP contribution in [0.2, 0.25) is 0 Å². The van der Waals surface area contributed by atoms with Gasteiger partial charge in [-0.05, 0) is 4.01 Å². The van der Waals surface area contributed by atoms with Crippen LogP contribution < -0.4 is 5.73 Å². The summed E-state index contributed by atoms with van der Waals surface area (Å²) in [6.45, 7) is 0. The van der Waals surface area contributed by atoms with Gasteiger partial charge in [-0.25, -0.2) is 0 Å². The molecule has 0 bridgehead atoms. The molecule has 1 unspecified atom stereocenters. The van der Waals surface area contributed by atoms with Crippen molar-refractivity contribution in [2.45, 2.75) is 6.04 Å². The SMILES string of the molecule is NC1C=IC=IC1. The van der Waals surface area contributed by atoms with E-state index < -0.39 is 0 Å². The molecule has 1 heterocycles. The van der Waals surface area contributed by atoms with Crippen LogP contribution in [0.25, 0.3) is 0 Å². The van der Waals surface area contributed by atoms with Crippen LogP contribution >= 0.6 is 41.5 Å². The average molecular weight is 323 g/mol. The standard InChI is InChI=1S/C4H7I2N/c7-4-1-5-3-6-2-4/h1,3-4H,2,7H2. The van der Waals surface area contributed by atoms with E-state index in [1.54, 1.807) is 0 Å². The molecule has 3 heteroatoms. The van der Waals surface area contributed by atoms with Crippen LogP contribution in [0.4, 0.5) is 0 Å². The molecule has 0 aromatic carbocycles. The van der Waals surface area contributed by atoms with Gasteiger partial charge in [0.2, 0.25) is 0 Å². The van der Waals surface area contributed by atoms with Gasteiger partial charge in [-0.3, -0.25) is 0 Å². The molecule has 1 atom stereocenters. The van der Waals surface area contributed by atoms with Gasteiger partial charge < -0.3 is 5.73 Å². The van der Waals surface area contributed by atoms with Crippen molar-refractivity contribution in [2.75, 3.05) is 4.43 Å². The van der Waals surface area contributed by atoms with Crippen molar-refractivity contribution in [3.8, 4) is 0 Å². The third-order valence-electron chi connectivity index (χ3n) is 0.608. The third kappa shape index (κ3) is 2.27. The van der Waals surface area contributed by atoms with Crippen LogP contribution in [0.15, 0.2) is 0 Å².